The zero-order chi connectivity index (χ0) is 23.8. The fraction of sp³-hybridized carbons (Fsp3) is 1.00. The maximum absolute atomic E-state index is 12.2. The molecule has 13 heteroatoms. The van der Waals surface area contributed by atoms with E-state index in [4.69, 9.17) is 9.70 Å². The van der Waals surface area contributed by atoms with E-state index in [1.807, 2.05) is 20.8 Å². The van der Waals surface area contributed by atoms with E-state index in [1.165, 1.54) is 0 Å². The molecule has 0 rings (SSSR count). The summed E-state index contributed by atoms with van der Waals surface area (Å²) in [5, 5.41) is 0. The molecular weight excluding hydrogens is 483 g/mol. The second kappa shape index (κ2) is 16.8. The van der Waals surface area contributed by atoms with Crippen LogP contribution in [0.2, 0.25) is 0 Å². The lowest BCUT2D eigenvalue weighted by Gasteiger charge is -2.14. The second-order valence-corrected chi connectivity index (χ2v) is 15.0. The van der Waals surface area contributed by atoms with E-state index in [-0.39, 0.29) is 17.3 Å². The molecule has 0 heterocycles. The van der Waals surface area contributed by atoms with Gasteiger partial charge in [0, 0.05) is 0 Å². The van der Waals surface area contributed by atoms with Gasteiger partial charge in [-0.25, -0.2) is 25.3 Å². The highest BCUT2D eigenvalue weighted by Gasteiger charge is 2.45. The van der Waals surface area contributed by atoms with Gasteiger partial charge in [0.05, 0.1) is 17.3 Å². The maximum Gasteiger partial charge on any atom is 0.951 e. The van der Waals surface area contributed by atoms with Crippen LogP contribution in [0.5, 0.6) is 0 Å². The van der Waals surface area contributed by atoms with Crippen molar-refractivity contribution in [1.82, 2.24) is 0 Å². The molecule has 0 amide bonds. The minimum atomic E-state index is -4.18. The molecule has 0 aliphatic rings. The molecule has 0 aliphatic carbocycles. The molecule has 0 fully saturated rings. The highest BCUT2D eigenvalue weighted by atomic mass is 32.2. The van der Waals surface area contributed by atoms with Crippen molar-refractivity contribution in [1.29, 1.82) is 0 Å². The Morgan fingerprint density at radius 2 is 0.710 bits per heavy atom. The van der Waals surface area contributed by atoms with Crippen LogP contribution in [0.25, 0.3) is 0 Å². The lowest BCUT2D eigenvalue weighted by atomic mass is 10.2. The van der Waals surface area contributed by atoms with Crippen molar-refractivity contribution in [3.8, 4) is 0 Å². The number of hydrogen-bond donors (Lipinski definition) is 0. The number of hydrogen-bond acceptors (Lipinski definition) is 9. The Balaban J connectivity index is 5.15. The van der Waals surface area contributed by atoms with Crippen molar-refractivity contribution in [3.05, 3.63) is 0 Å². The van der Waals surface area contributed by atoms with Crippen molar-refractivity contribution in [2.45, 2.75) is 97.8 Å². The van der Waals surface area contributed by atoms with E-state index in [2.05, 4.69) is 0 Å². The number of rotatable bonds is 21. The Morgan fingerprint density at radius 3 is 0.935 bits per heavy atom. The van der Waals surface area contributed by atoms with Gasteiger partial charge in [-0.15, -0.1) is 0 Å². The summed E-state index contributed by atoms with van der Waals surface area (Å²) in [6.45, 7) is 5.94. The van der Waals surface area contributed by atoms with Gasteiger partial charge in [0.1, 0.15) is 0 Å². The Hall–Kier alpha value is 0.262. The molecule has 9 nitrogen and oxygen atoms in total. The van der Waals surface area contributed by atoms with Crippen molar-refractivity contribution in [2.75, 3.05) is 17.3 Å². The minimum Gasteiger partial charge on any atom is -0.342 e. The normalized spacial score (nSPS) is 12.9. The summed E-state index contributed by atoms with van der Waals surface area (Å²) >= 11 is -4.05. The summed E-state index contributed by atoms with van der Waals surface area (Å²) in [5.74, 6) is -1.05. The van der Waals surface area contributed by atoms with Gasteiger partial charge in [-0.2, -0.15) is 0 Å². The smallest absolute Gasteiger partial charge is 0.342 e. The lowest BCUT2D eigenvalue weighted by molar-refractivity contribution is 0.310. The fourth-order valence-corrected chi connectivity index (χ4v) is 9.62. The molecule has 0 aliphatic heterocycles. The van der Waals surface area contributed by atoms with Gasteiger partial charge in [-0.1, -0.05) is 78.6 Å². The quantitative estimate of drug-likeness (QED) is 0.163. The average molecular weight is 523 g/mol. The van der Waals surface area contributed by atoms with E-state index in [1.54, 1.807) is 0 Å². The maximum atomic E-state index is 12.2. The Bertz CT molecular complexity index is 660. The third-order valence-electron chi connectivity index (χ3n) is 4.42. The van der Waals surface area contributed by atoms with Crippen molar-refractivity contribution < 1.29 is 35.0 Å². The summed E-state index contributed by atoms with van der Waals surface area (Å²) in [7, 11) is -12.5. The zero-order valence-corrected chi connectivity index (χ0v) is 22.7. The van der Waals surface area contributed by atoms with Crippen LogP contribution < -0.4 is 0 Å². The predicted molar refractivity (Wildman–Crippen MR) is 123 cm³/mol. The van der Waals surface area contributed by atoms with Crippen LogP contribution in [0.3, 0.4) is 0 Å². The van der Waals surface area contributed by atoms with E-state index in [0.717, 1.165) is 38.5 Å². The molecule has 0 aromatic carbocycles. The Morgan fingerprint density at radius 1 is 0.452 bits per heavy atom. The first kappa shape index (κ1) is 31.3. The first-order valence-electron chi connectivity index (χ1n) is 11.2. The standard InChI is InChI=1S/3C6H14O3S.Al/c3*1-2-3-4-5-6-10(7,8)9;/h3*2-6H2,1H3,(H,7,8,9);/q;;;+3/p-3. The van der Waals surface area contributed by atoms with Crippen LogP contribution in [0, 0.1) is 0 Å². The van der Waals surface area contributed by atoms with Crippen molar-refractivity contribution in [2.24, 2.45) is 0 Å². The molecule has 0 atom stereocenters. The van der Waals surface area contributed by atoms with Crippen LogP contribution in [0.4, 0.5) is 0 Å². The summed E-state index contributed by atoms with van der Waals surface area (Å²) < 4.78 is 88.0. The van der Waals surface area contributed by atoms with Gasteiger partial charge >= 0.3 is 15.1 Å². The van der Waals surface area contributed by atoms with E-state index < -0.39 is 45.5 Å². The van der Waals surface area contributed by atoms with Crippen LogP contribution in [0.1, 0.15) is 97.8 Å². The molecule has 0 aromatic heterocycles. The summed E-state index contributed by atoms with van der Waals surface area (Å²) in [5.41, 5.74) is 0. The van der Waals surface area contributed by atoms with Gasteiger partial charge in [0.15, 0.2) is 0 Å². The molecule has 31 heavy (non-hydrogen) atoms. The second-order valence-electron chi connectivity index (χ2n) is 7.54. The van der Waals surface area contributed by atoms with E-state index in [0.29, 0.717) is 38.5 Å². The molecule has 0 radical (unpaired) electrons. The minimum absolute atomic E-state index is 0.324. The van der Waals surface area contributed by atoms with Crippen LogP contribution in [-0.2, 0) is 40.1 Å². The zero-order valence-electron chi connectivity index (χ0n) is 19.1. The van der Waals surface area contributed by atoms with Gasteiger partial charge < -0.3 is 9.70 Å². The third kappa shape index (κ3) is 18.4. The summed E-state index contributed by atoms with van der Waals surface area (Å²) in [4.78, 5) is 0. The molecule has 0 aromatic rings. The van der Waals surface area contributed by atoms with Gasteiger partial charge in [0.25, 0.3) is 0 Å². The first-order valence-corrected chi connectivity index (χ1v) is 17.3. The highest BCUT2D eigenvalue weighted by molar-refractivity contribution is 7.90. The Kier molecular flexibility index (Phi) is 17.0. The molecule has 0 unspecified atom stereocenters. The Labute approximate surface area is 195 Å². The van der Waals surface area contributed by atoms with E-state index >= 15 is 0 Å². The van der Waals surface area contributed by atoms with Crippen LogP contribution >= 0.6 is 0 Å². The summed E-state index contributed by atoms with van der Waals surface area (Å²) in [6, 6.07) is 0. The van der Waals surface area contributed by atoms with Crippen molar-refractivity contribution in [3.63, 3.8) is 0 Å². The molecule has 0 saturated carbocycles. The number of unbranched alkanes of at least 4 members (excludes halogenated alkanes) is 9. The fourth-order valence-electron chi connectivity index (χ4n) is 2.67. The monoisotopic (exact) mass is 522 g/mol. The third-order valence-corrected chi connectivity index (χ3v) is 12.2. The van der Waals surface area contributed by atoms with E-state index in [9.17, 15) is 25.3 Å². The first-order chi connectivity index (χ1) is 14.5. The average Bonchev–Trinajstić information content (AvgIpc) is 2.65. The largest absolute Gasteiger partial charge is 0.951 e. The van der Waals surface area contributed by atoms with Crippen LogP contribution in [0.15, 0.2) is 0 Å². The molecular formula is C18H39AlO9S3. The van der Waals surface area contributed by atoms with Crippen molar-refractivity contribution >= 4 is 45.5 Å². The molecule has 0 N–H and O–H groups in total. The van der Waals surface area contributed by atoms with Gasteiger partial charge in [0.2, 0.25) is 30.4 Å². The molecule has 186 valence electrons. The SMILES string of the molecule is CCCCCCS(=O)(=O)[O][Al]([O]S(=O)(=O)CCCCCC)[O]S(=O)(=O)CCCCCC. The predicted octanol–water partition coefficient (Wildman–Crippen LogP) is 3.75. The summed E-state index contributed by atoms with van der Waals surface area (Å²) in [6.07, 6.45) is 8.26. The molecule has 0 saturated heterocycles. The lowest BCUT2D eigenvalue weighted by Crippen LogP contribution is -2.36. The topological polar surface area (TPSA) is 130 Å². The van der Waals surface area contributed by atoms with Crippen LogP contribution in [-0.4, -0.2) is 57.7 Å². The van der Waals surface area contributed by atoms with Gasteiger partial charge in [-0.3, -0.25) is 0 Å². The molecule has 0 bridgehead atoms. The molecule has 0 spiro atoms. The highest BCUT2D eigenvalue weighted by Crippen LogP contribution is 2.14. The van der Waals surface area contributed by atoms with Gasteiger partial charge in [-0.05, 0) is 19.3 Å².